The molecule has 0 spiro atoms. The highest BCUT2D eigenvalue weighted by Crippen LogP contribution is 2.20. The third kappa shape index (κ3) is 17.0. The first kappa shape index (κ1) is 38.3. The molecule has 0 amide bonds. The number of hydrogen-bond donors (Lipinski definition) is 0. The maximum Gasteiger partial charge on any atom is 0.162 e. The van der Waals surface area contributed by atoms with Gasteiger partial charge in [-0.3, -0.25) is 24.0 Å². The van der Waals surface area contributed by atoms with Crippen LogP contribution in [0.15, 0.2) is 47.6 Å². The summed E-state index contributed by atoms with van der Waals surface area (Å²) in [5, 5.41) is 0. The molecule has 2 fully saturated rings. The van der Waals surface area contributed by atoms with E-state index in [9.17, 15) is 24.0 Å². The minimum Gasteiger partial charge on any atom is -0.299 e. The molecule has 5 nitrogen and oxygen atoms in total. The zero-order chi connectivity index (χ0) is 29.9. The third-order valence-electron chi connectivity index (χ3n) is 7.97. The van der Waals surface area contributed by atoms with Crippen molar-refractivity contribution in [1.82, 2.24) is 0 Å². The molecule has 0 aromatic carbocycles. The van der Waals surface area contributed by atoms with Gasteiger partial charge in [-0.25, -0.2) is 0 Å². The van der Waals surface area contributed by atoms with Gasteiger partial charge in [0.05, 0.1) is 0 Å². The van der Waals surface area contributed by atoms with E-state index in [1.54, 1.807) is 0 Å². The highest BCUT2D eigenvalue weighted by atomic mass is 16.1. The van der Waals surface area contributed by atoms with Gasteiger partial charge in [0.1, 0.15) is 17.3 Å². The van der Waals surface area contributed by atoms with Crippen LogP contribution in [0.5, 0.6) is 0 Å². The number of hydrogen-bond acceptors (Lipinski definition) is 5. The molecule has 5 aliphatic carbocycles. The Morgan fingerprint density at radius 3 is 1.46 bits per heavy atom. The molecule has 0 aromatic heterocycles. The Hall–Kier alpha value is -2.69. The Kier molecular flexibility index (Phi) is 20.5. The summed E-state index contributed by atoms with van der Waals surface area (Å²) in [5.74, 6) is 2.90. The Balaban J connectivity index is 0.000000485. The van der Waals surface area contributed by atoms with Crippen LogP contribution >= 0.6 is 0 Å². The molecule has 0 saturated heterocycles. The largest absolute Gasteiger partial charge is 0.299 e. The maximum atomic E-state index is 10.8. The van der Waals surface area contributed by atoms with Crippen LogP contribution in [0.25, 0.3) is 0 Å². The fourth-order valence-corrected chi connectivity index (χ4v) is 4.68. The topological polar surface area (TPSA) is 85.3 Å². The van der Waals surface area contributed by atoms with Crippen LogP contribution in [-0.4, -0.2) is 28.9 Å². The van der Waals surface area contributed by atoms with Crippen LogP contribution in [0.4, 0.5) is 0 Å². The quantitative estimate of drug-likeness (QED) is 0.272. The second-order valence-corrected chi connectivity index (χ2v) is 11.6. The molecule has 0 N–H and O–H groups in total. The lowest BCUT2D eigenvalue weighted by Crippen LogP contribution is -2.14. The van der Waals surface area contributed by atoms with Gasteiger partial charge in [0.2, 0.25) is 0 Å². The van der Waals surface area contributed by atoms with E-state index >= 15 is 0 Å². The van der Waals surface area contributed by atoms with E-state index in [4.69, 9.17) is 0 Å². The fraction of sp³-hybridized carbons (Fsp3) is 0.639. The molecule has 41 heavy (non-hydrogen) atoms. The molecule has 0 heterocycles. The van der Waals surface area contributed by atoms with Crippen LogP contribution < -0.4 is 0 Å². The molecular weight excluding hydrogens is 512 g/mol. The van der Waals surface area contributed by atoms with Crippen molar-refractivity contribution in [3.05, 3.63) is 47.6 Å². The van der Waals surface area contributed by atoms with Crippen molar-refractivity contribution < 1.29 is 24.0 Å². The number of Topliss-reactive ketones (excluding diaryl/α,β-unsaturated/α-hetero) is 5. The molecule has 2 saturated carbocycles. The summed E-state index contributed by atoms with van der Waals surface area (Å²) >= 11 is 0. The van der Waals surface area contributed by atoms with Gasteiger partial charge in [-0.15, -0.1) is 0 Å². The molecule has 3 atom stereocenters. The fourth-order valence-electron chi connectivity index (χ4n) is 4.68. The van der Waals surface area contributed by atoms with Crippen LogP contribution in [0.2, 0.25) is 0 Å². The number of carbonyl (C=O) groups is 5. The lowest BCUT2D eigenvalue weighted by Gasteiger charge is -2.14. The number of ketones is 5. The average molecular weight is 569 g/mol. The van der Waals surface area contributed by atoms with E-state index in [0.717, 1.165) is 75.4 Å². The van der Waals surface area contributed by atoms with Crippen molar-refractivity contribution in [1.29, 1.82) is 0 Å². The Morgan fingerprint density at radius 2 is 1.17 bits per heavy atom. The van der Waals surface area contributed by atoms with Gasteiger partial charge in [0, 0.05) is 49.9 Å². The molecule has 3 unspecified atom stereocenters. The summed E-state index contributed by atoms with van der Waals surface area (Å²) in [7, 11) is 0. The molecule has 5 aliphatic rings. The molecule has 0 bridgehead atoms. The van der Waals surface area contributed by atoms with Gasteiger partial charge in [-0.2, -0.15) is 0 Å². The van der Waals surface area contributed by atoms with E-state index in [2.05, 4.69) is 6.08 Å². The van der Waals surface area contributed by atoms with Crippen molar-refractivity contribution in [3.8, 4) is 0 Å². The maximum absolute atomic E-state index is 10.8. The van der Waals surface area contributed by atoms with Gasteiger partial charge in [-0.1, -0.05) is 77.5 Å². The van der Waals surface area contributed by atoms with Crippen molar-refractivity contribution in [3.63, 3.8) is 0 Å². The van der Waals surface area contributed by atoms with Gasteiger partial charge in [0.15, 0.2) is 11.6 Å². The van der Waals surface area contributed by atoms with Crippen molar-refractivity contribution in [2.75, 3.05) is 0 Å². The molecule has 5 heteroatoms. The Labute approximate surface area is 250 Å². The number of rotatable bonds is 0. The summed E-state index contributed by atoms with van der Waals surface area (Å²) in [5.41, 5.74) is 1.82. The Bertz CT molecular complexity index is 950. The molecule has 5 rings (SSSR count). The lowest BCUT2D eigenvalue weighted by atomic mass is 9.90. The molecule has 0 radical (unpaired) electrons. The molecule has 230 valence electrons. The zero-order valence-corrected chi connectivity index (χ0v) is 25.6. The van der Waals surface area contributed by atoms with Gasteiger partial charge >= 0.3 is 0 Å². The van der Waals surface area contributed by atoms with Crippen LogP contribution in [-0.2, 0) is 24.0 Å². The van der Waals surface area contributed by atoms with Crippen molar-refractivity contribution in [2.24, 2.45) is 17.8 Å². The first-order valence-corrected chi connectivity index (χ1v) is 15.3. The monoisotopic (exact) mass is 568 g/mol. The van der Waals surface area contributed by atoms with Crippen LogP contribution in [0.3, 0.4) is 0 Å². The number of allylic oxidation sites excluding steroid dienone is 8. The van der Waals surface area contributed by atoms with E-state index in [1.807, 2.05) is 65.0 Å². The SMILES string of the molecule is C.CC1=CC=CCC1=O.CC1=CCCCC1=O.CC1CC=CCC1=O.CC1CCCCC1=O.CC1CCCCC1=O. The number of carbonyl (C=O) groups excluding carboxylic acids is 5. The van der Waals surface area contributed by atoms with E-state index < -0.39 is 0 Å². The van der Waals surface area contributed by atoms with Crippen molar-refractivity contribution in [2.45, 2.75) is 132 Å². The molecule has 0 aliphatic heterocycles. The van der Waals surface area contributed by atoms with Gasteiger partial charge < -0.3 is 0 Å². The molecule has 0 aromatic rings. The summed E-state index contributed by atoms with van der Waals surface area (Å²) in [6.45, 7) is 9.77. The minimum atomic E-state index is 0. The normalized spacial score (nSPS) is 25.2. The second kappa shape index (κ2) is 22.0. The minimum absolute atomic E-state index is 0. The second-order valence-electron chi connectivity index (χ2n) is 11.6. The average Bonchev–Trinajstić information content (AvgIpc) is 2.94. The standard InChI is InChI=1S/2C7H12O.2C7H10O.C7H8O.CH4/c5*1-6-4-2-3-5-7(6)8;/h2*6H,2-5H2,1H3;4H,2-3,5H2,1H3;2-3,6H,4-5H2,1H3;2-4H,5H2,1H3;1H4. The highest BCUT2D eigenvalue weighted by Gasteiger charge is 2.17. The Morgan fingerprint density at radius 1 is 0.585 bits per heavy atom. The van der Waals surface area contributed by atoms with Crippen LogP contribution in [0.1, 0.15) is 132 Å². The van der Waals surface area contributed by atoms with E-state index in [1.165, 1.54) is 12.8 Å². The summed E-state index contributed by atoms with van der Waals surface area (Å²) in [4.78, 5) is 53.7. The predicted molar refractivity (Wildman–Crippen MR) is 170 cm³/mol. The van der Waals surface area contributed by atoms with Crippen LogP contribution in [0, 0.1) is 17.8 Å². The van der Waals surface area contributed by atoms with Gasteiger partial charge in [0.25, 0.3) is 0 Å². The highest BCUT2D eigenvalue weighted by molar-refractivity contribution is 5.97. The summed E-state index contributed by atoms with van der Waals surface area (Å²) < 4.78 is 0. The third-order valence-corrected chi connectivity index (χ3v) is 7.97. The predicted octanol–water partition coefficient (Wildman–Crippen LogP) is 8.86. The van der Waals surface area contributed by atoms with E-state index in [0.29, 0.717) is 47.8 Å². The van der Waals surface area contributed by atoms with E-state index in [-0.39, 0.29) is 19.1 Å². The summed E-state index contributed by atoms with van der Waals surface area (Å²) in [6.07, 6.45) is 25.4. The summed E-state index contributed by atoms with van der Waals surface area (Å²) in [6, 6.07) is 0. The van der Waals surface area contributed by atoms with Crippen molar-refractivity contribution >= 4 is 28.9 Å². The first-order chi connectivity index (χ1) is 19.0. The first-order valence-electron chi connectivity index (χ1n) is 15.3. The molecular formula is C36H56O5. The lowest BCUT2D eigenvalue weighted by molar-refractivity contribution is -0.124. The zero-order valence-electron chi connectivity index (χ0n) is 25.6. The smallest absolute Gasteiger partial charge is 0.162 e. The van der Waals surface area contributed by atoms with Gasteiger partial charge in [-0.05, 0) is 69.9 Å².